The number of pyridine rings is 2. The molecule has 0 fully saturated rings. The molecule has 27 heavy (non-hydrogen) atoms. The summed E-state index contributed by atoms with van der Waals surface area (Å²) in [7, 11) is 0. The Bertz CT molecular complexity index is 1160. The minimum Gasteiger partial charge on any atom is -0.506 e. The van der Waals surface area contributed by atoms with Gasteiger partial charge in [-0.1, -0.05) is 0 Å². The third-order valence-corrected chi connectivity index (χ3v) is 4.84. The minimum absolute atomic E-state index is 0.103. The summed E-state index contributed by atoms with van der Waals surface area (Å²) in [5, 5.41) is 22.8. The van der Waals surface area contributed by atoms with Crippen molar-refractivity contribution >= 4 is 22.6 Å². The second kappa shape index (κ2) is 6.08. The van der Waals surface area contributed by atoms with E-state index in [9.17, 15) is 24.2 Å². The van der Waals surface area contributed by atoms with E-state index in [-0.39, 0.29) is 23.0 Å². The summed E-state index contributed by atoms with van der Waals surface area (Å²) >= 11 is 0. The fourth-order valence-electron chi connectivity index (χ4n) is 3.55. The zero-order valence-corrected chi connectivity index (χ0v) is 14.4. The highest BCUT2D eigenvalue weighted by Crippen LogP contribution is 2.36. The summed E-state index contributed by atoms with van der Waals surface area (Å²) in [5.74, 6) is -2.50. The Labute approximate surface area is 152 Å². The standard InChI is InChI=1S/C19H16FN3O4/c1-9-4-5-10-7-11(20)8-12-15(10)23(9)19(27)14(16(12)25)18(26)22-17-13(24)3-2-6-21-17/h2-3,6-9,24-25H,4-5H2,1H3,(H,21,22,26). The van der Waals surface area contributed by atoms with Crippen LogP contribution in [-0.4, -0.2) is 25.7 Å². The van der Waals surface area contributed by atoms with Gasteiger partial charge in [0.15, 0.2) is 11.6 Å². The first-order chi connectivity index (χ1) is 12.9. The van der Waals surface area contributed by atoms with Crippen LogP contribution < -0.4 is 10.9 Å². The van der Waals surface area contributed by atoms with Crippen LogP contribution in [0.2, 0.25) is 0 Å². The van der Waals surface area contributed by atoms with Crippen LogP contribution in [0.15, 0.2) is 35.3 Å². The van der Waals surface area contributed by atoms with E-state index in [0.29, 0.717) is 23.9 Å². The molecule has 7 nitrogen and oxygen atoms in total. The topological polar surface area (TPSA) is 104 Å². The lowest BCUT2D eigenvalue weighted by Gasteiger charge is -2.26. The third-order valence-electron chi connectivity index (χ3n) is 4.84. The minimum atomic E-state index is -0.930. The maximum atomic E-state index is 14.0. The second-order valence-corrected chi connectivity index (χ2v) is 6.57. The number of benzene rings is 1. The van der Waals surface area contributed by atoms with Crippen molar-refractivity contribution < 1.29 is 19.4 Å². The van der Waals surface area contributed by atoms with E-state index in [4.69, 9.17) is 0 Å². The van der Waals surface area contributed by atoms with E-state index in [1.54, 1.807) is 0 Å². The molecule has 1 aliphatic rings. The lowest BCUT2D eigenvalue weighted by Crippen LogP contribution is -2.33. The van der Waals surface area contributed by atoms with Crippen LogP contribution in [0.4, 0.5) is 10.2 Å². The van der Waals surface area contributed by atoms with Gasteiger partial charge in [0, 0.05) is 17.6 Å². The van der Waals surface area contributed by atoms with Gasteiger partial charge in [-0.05, 0) is 49.6 Å². The molecule has 0 aliphatic carbocycles. The van der Waals surface area contributed by atoms with E-state index in [2.05, 4.69) is 10.3 Å². The van der Waals surface area contributed by atoms with Crippen molar-refractivity contribution in [1.82, 2.24) is 9.55 Å². The molecule has 0 spiro atoms. The summed E-state index contributed by atoms with van der Waals surface area (Å²) in [6.07, 6.45) is 2.54. The lowest BCUT2D eigenvalue weighted by molar-refractivity contribution is 0.102. The van der Waals surface area contributed by atoms with Crippen LogP contribution in [0.1, 0.15) is 35.3 Å². The number of rotatable bonds is 2. The number of aromatic nitrogens is 2. The van der Waals surface area contributed by atoms with Crippen LogP contribution in [0.25, 0.3) is 10.9 Å². The number of aryl methyl sites for hydroxylation is 1. The summed E-state index contributed by atoms with van der Waals surface area (Å²) in [6.45, 7) is 1.83. The van der Waals surface area contributed by atoms with Crippen molar-refractivity contribution in [3.63, 3.8) is 0 Å². The molecule has 3 aromatic rings. The predicted molar refractivity (Wildman–Crippen MR) is 96.7 cm³/mol. The molecule has 1 unspecified atom stereocenters. The van der Waals surface area contributed by atoms with Crippen molar-refractivity contribution in [2.75, 3.05) is 5.32 Å². The average molecular weight is 369 g/mol. The van der Waals surface area contributed by atoms with Crippen LogP contribution in [0, 0.1) is 5.82 Å². The molecule has 8 heteroatoms. The number of anilines is 1. The van der Waals surface area contributed by atoms with Gasteiger partial charge in [-0.3, -0.25) is 9.59 Å². The summed E-state index contributed by atoms with van der Waals surface area (Å²) in [5.41, 5.74) is -0.134. The molecule has 1 aliphatic heterocycles. The number of carbonyl (C=O) groups excluding carboxylic acids is 1. The quantitative estimate of drug-likeness (QED) is 0.644. The van der Waals surface area contributed by atoms with Crippen molar-refractivity contribution in [3.8, 4) is 11.5 Å². The maximum Gasteiger partial charge on any atom is 0.267 e. The normalized spacial score (nSPS) is 15.7. The largest absolute Gasteiger partial charge is 0.506 e. The van der Waals surface area contributed by atoms with E-state index >= 15 is 0 Å². The van der Waals surface area contributed by atoms with Gasteiger partial charge < -0.3 is 20.1 Å². The maximum absolute atomic E-state index is 14.0. The molecule has 2 aromatic heterocycles. The highest BCUT2D eigenvalue weighted by Gasteiger charge is 2.29. The molecular formula is C19H16FN3O4. The first-order valence-electron chi connectivity index (χ1n) is 8.43. The number of amides is 1. The third kappa shape index (κ3) is 2.61. The van der Waals surface area contributed by atoms with Gasteiger partial charge in [-0.15, -0.1) is 0 Å². The molecular weight excluding hydrogens is 353 g/mol. The number of aromatic hydroxyl groups is 2. The Morgan fingerprint density at radius 2 is 2.15 bits per heavy atom. The van der Waals surface area contributed by atoms with Gasteiger partial charge in [0.2, 0.25) is 0 Å². The van der Waals surface area contributed by atoms with Gasteiger partial charge in [0.1, 0.15) is 17.1 Å². The first kappa shape index (κ1) is 17.0. The van der Waals surface area contributed by atoms with Gasteiger partial charge in [-0.2, -0.15) is 0 Å². The van der Waals surface area contributed by atoms with Gasteiger partial charge in [0.05, 0.1) is 5.52 Å². The van der Waals surface area contributed by atoms with Crippen molar-refractivity contribution in [3.05, 3.63) is 57.8 Å². The van der Waals surface area contributed by atoms with E-state index in [0.717, 1.165) is 6.07 Å². The lowest BCUT2D eigenvalue weighted by atomic mass is 9.95. The summed E-state index contributed by atoms with van der Waals surface area (Å²) < 4.78 is 15.4. The van der Waals surface area contributed by atoms with Crippen LogP contribution >= 0.6 is 0 Å². The van der Waals surface area contributed by atoms with Gasteiger partial charge >= 0.3 is 0 Å². The van der Waals surface area contributed by atoms with Crippen molar-refractivity contribution in [2.24, 2.45) is 0 Å². The molecule has 138 valence electrons. The molecule has 3 N–H and O–H groups in total. The fourth-order valence-corrected chi connectivity index (χ4v) is 3.55. The highest BCUT2D eigenvalue weighted by atomic mass is 19.1. The number of carbonyl (C=O) groups is 1. The van der Waals surface area contributed by atoms with E-state index < -0.39 is 28.6 Å². The molecule has 3 heterocycles. The Morgan fingerprint density at radius 1 is 1.37 bits per heavy atom. The Hall–Kier alpha value is -3.42. The average Bonchev–Trinajstić information content (AvgIpc) is 2.62. The number of hydrogen-bond acceptors (Lipinski definition) is 5. The SMILES string of the molecule is CC1CCc2cc(F)cc3c(O)c(C(=O)Nc4ncccc4O)c(=O)n1c23. The Kier molecular flexibility index (Phi) is 3.83. The zero-order valence-electron chi connectivity index (χ0n) is 14.4. The summed E-state index contributed by atoms with van der Waals surface area (Å²) in [4.78, 5) is 29.5. The molecule has 0 saturated heterocycles. The first-order valence-corrected chi connectivity index (χ1v) is 8.43. The molecule has 0 radical (unpaired) electrons. The van der Waals surface area contributed by atoms with Crippen LogP contribution in [0.5, 0.6) is 11.5 Å². The molecule has 1 atom stereocenters. The van der Waals surface area contributed by atoms with Crippen LogP contribution in [-0.2, 0) is 6.42 Å². The predicted octanol–water partition coefficient (Wildman–Crippen LogP) is 2.71. The number of nitrogens with zero attached hydrogens (tertiary/aromatic N) is 2. The Morgan fingerprint density at radius 3 is 2.89 bits per heavy atom. The van der Waals surface area contributed by atoms with Crippen molar-refractivity contribution in [1.29, 1.82) is 0 Å². The smallest absolute Gasteiger partial charge is 0.267 e. The fraction of sp³-hybridized carbons (Fsp3) is 0.211. The molecule has 4 rings (SSSR count). The highest BCUT2D eigenvalue weighted by molar-refractivity contribution is 6.09. The van der Waals surface area contributed by atoms with E-state index in [1.807, 2.05) is 6.92 Å². The van der Waals surface area contributed by atoms with Gasteiger partial charge in [-0.25, -0.2) is 9.37 Å². The number of hydrogen-bond donors (Lipinski definition) is 3. The van der Waals surface area contributed by atoms with Crippen molar-refractivity contribution in [2.45, 2.75) is 25.8 Å². The van der Waals surface area contributed by atoms with Gasteiger partial charge in [0.25, 0.3) is 11.5 Å². The molecule has 1 amide bonds. The molecule has 1 aromatic carbocycles. The summed E-state index contributed by atoms with van der Waals surface area (Å²) in [6, 6.07) is 5.03. The monoisotopic (exact) mass is 369 g/mol. The van der Waals surface area contributed by atoms with Crippen LogP contribution in [0.3, 0.4) is 0 Å². The Balaban J connectivity index is 1.96. The zero-order chi connectivity index (χ0) is 19.3. The number of nitrogens with one attached hydrogen (secondary N) is 1. The molecule has 0 saturated carbocycles. The number of halogens is 1. The second-order valence-electron chi connectivity index (χ2n) is 6.57. The van der Waals surface area contributed by atoms with E-state index in [1.165, 1.54) is 29.0 Å². The molecule has 0 bridgehead atoms.